The normalized spacial score (nSPS) is 13.2. The van der Waals surface area contributed by atoms with Gasteiger partial charge in [0.2, 0.25) is 0 Å². The predicted molar refractivity (Wildman–Crippen MR) is 72.6 cm³/mol. The monoisotopic (exact) mass is 285 g/mol. The van der Waals surface area contributed by atoms with E-state index in [-0.39, 0.29) is 0 Å². The highest BCUT2D eigenvalue weighted by atomic mass is 19.4. The van der Waals surface area contributed by atoms with Gasteiger partial charge in [-0.3, -0.25) is 0 Å². The average Bonchev–Trinajstić information content (AvgIpc) is 2.60. The Hall–Kier alpha value is -1.49. The van der Waals surface area contributed by atoms with Gasteiger partial charge in [0.15, 0.2) is 0 Å². The van der Waals surface area contributed by atoms with Crippen molar-refractivity contribution in [1.82, 2.24) is 4.57 Å². The van der Waals surface area contributed by atoms with E-state index < -0.39 is 17.3 Å². The Morgan fingerprint density at radius 2 is 1.80 bits per heavy atom. The molecule has 0 radical (unpaired) electrons. The van der Waals surface area contributed by atoms with Crippen LogP contribution in [0.5, 0.6) is 0 Å². The first-order valence-corrected chi connectivity index (χ1v) is 6.53. The van der Waals surface area contributed by atoms with Gasteiger partial charge >= 0.3 is 6.18 Å². The maximum Gasteiger partial charge on any atom is 0.416 e. The van der Waals surface area contributed by atoms with Gasteiger partial charge < -0.3 is 9.67 Å². The third-order valence-corrected chi connectivity index (χ3v) is 3.24. The number of halogens is 3. The number of nitrogens with zero attached hydrogens (tertiary/aromatic N) is 1. The third-order valence-electron chi connectivity index (χ3n) is 3.24. The molecular formula is C15H18F3NO. The van der Waals surface area contributed by atoms with Gasteiger partial charge in [-0.1, -0.05) is 0 Å². The van der Waals surface area contributed by atoms with Gasteiger partial charge in [0.25, 0.3) is 0 Å². The lowest BCUT2D eigenvalue weighted by atomic mass is 10.0. The molecule has 0 fully saturated rings. The molecule has 1 N–H and O–H groups in total. The minimum atomic E-state index is -4.33. The number of aliphatic hydroxyl groups is 1. The van der Waals surface area contributed by atoms with Crippen LogP contribution in [-0.4, -0.2) is 15.3 Å². The van der Waals surface area contributed by atoms with Crippen molar-refractivity contribution in [1.29, 1.82) is 0 Å². The van der Waals surface area contributed by atoms with E-state index in [2.05, 4.69) is 0 Å². The van der Waals surface area contributed by atoms with Gasteiger partial charge in [-0.15, -0.1) is 0 Å². The van der Waals surface area contributed by atoms with Gasteiger partial charge in [0.05, 0.1) is 11.2 Å². The van der Waals surface area contributed by atoms with Crippen LogP contribution in [0.3, 0.4) is 0 Å². The van der Waals surface area contributed by atoms with Gasteiger partial charge in [0, 0.05) is 29.6 Å². The standard InChI is InChI=1S/C15H18F3NO/c1-4-19-12(9-14(2,3)20)8-10-7-11(15(16,17)18)5-6-13(10)19/h5-8,20H,4,9H2,1-3H3. The predicted octanol–water partition coefficient (Wildman–Crippen LogP) is 3.99. The summed E-state index contributed by atoms with van der Waals surface area (Å²) in [4.78, 5) is 0. The SMILES string of the molecule is CCn1c(CC(C)(C)O)cc2cc(C(F)(F)F)ccc21. The molecule has 1 aromatic carbocycles. The third kappa shape index (κ3) is 2.98. The summed E-state index contributed by atoms with van der Waals surface area (Å²) in [6.07, 6.45) is -3.93. The highest BCUT2D eigenvalue weighted by Gasteiger charge is 2.30. The Labute approximate surface area is 115 Å². The first kappa shape index (κ1) is 14.9. The van der Waals surface area contributed by atoms with Crippen molar-refractivity contribution in [2.75, 3.05) is 0 Å². The molecule has 110 valence electrons. The Balaban J connectivity index is 2.56. The van der Waals surface area contributed by atoms with Crippen LogP contribution in [-0.2, 0) is 19.1 Å². The van der Waals surface area contributed by atoms with Crippen molar-refractivity contribution >= 4 is 10.9 Å². The van der Waals surface area contributed by atoms with Crippen LogP contribution in [0.1, 0.15) is 32.0 Å². The largest absolute Gasteiger partial charge is 0.416 e. The van der Waals surface area contributed by atoms with E-state index in [9.17, 15) is 18.3 Å². The zero-order valence-corrected chi connectivity index (χ0v) is 11.8. The highest BCUT2D eigenvalue weighted by molar-refractivity contribution is 5.82. The second-order valence-corrected chi connectivity index (χ2v) is 5.64. The number of aromatic nitrogens is 1. The number of fused-ring (bicyclic) bond motifs is 1. The molecule has 1 aromatic heterocycles. The van der Waals surface area contributed by atoms with Crippen LogP contribution in [0.2, 0.25) is 0 Å². The second kappa shape index (κ2) is 4.81. The molecular weight excluding hydrogens is 267 g/mol. The smallest absolute Gasteiger partial charge is 0.390 e. The minimum absolute atomic E-state index is 0.400. The lowest BCUT2D eigenvalue weighted by molar-refractivity contribution is -0.137. The van der Waals surface area contributed by atoms with Crippen molar-refractivity contribution in [3.8, 4) is 0 Å². The van der Waals surface area contributed by atoms with E-state index in [1.807, 2.05) is 11.5 Å². The fraction of sp³-hybridized carbons (Fsp3) is 0.467. The molecule has 0 atom stereocenters. The number of rotatable bonds is 3. The van der Waals surface area contributed by atoms with Gasteiger partial charge in [-0.2, -0.15) is 13.2 Å². The second-order valence-electron chi connectivity index (χ2n) is 5.64. The topological polar surface area (TPSA) is 25.2 Å². The van der Waals surface area contributed by atoms with Crippen molar-refractivity contribution in [2.45, 2.75) is 45.5 Å². The van der Waals surface area contributed by atoms with Crippen molar-refractivity contribution in [2.24, 2.45) is 0 Å². The van der Waals surface area contributed by atoms with Crippen LogP contribution in [0.15, 0.2) is 24.3 Å². The summed E-state index contributed by atoms with van der Waals surface area (Å²) in [5.74, 6) is 0. The molecule has 0 amide bonds. The van der Waals surface area contributed by atoms with Crippen LogP contribution < -0.4 is 0 Å². The maximum atomic E-state index is 12.7. The Bertz CT molecular complexity index is 620. The van der Waals surface area contributed by atoms with E-state index in [1.165, 1.54) is 6.07 Å². The molecule has 2 rings (SSSR count). The molecule has 2 aromatic rings. The molecule has 0 saturated heterocycles. The maximum absolute atomic E-state index is 12.7. The lowest BCUT2D eigenvalue weighted by Crippen LogP contribution is -2.23. The van der Waals surface area contributed by atoms with E-state index in [0.717, 1.165) is 23.3 Å². The summed E-state index contributed by atoms with van der Waals surface area (Å²) < 4.78 is 40.1. The minimum Gasteiger partial charge on any atom is -0.390 e. The molecule has 0 spiro atoms. The molecule has 0 aliphatic rings. The number of hydrogen-bond donors (Lipinski definition) is 1. The fourth-order valence-corrected chi connectivity index (χ4v) is 2.47. The fourth-order valence-electron chi connectivity index (χ4n) is 2.47. The van der Waals surface area contributed by atoms with E-state index >= 15 is 0 Å². The lowest BCUT2D eigenvalue weighted by Gasteiger charge is -2.18. The Morgan fingerprint density at radius 1 is 1.15 bits per heavy atom. The summed E-state index contributed by atoms with van der Waals surface area (Å²) in [6.45, 7) is 5.96. The number of alkyl halides is 3. The number of hydrogen-bond acceptors (Lipinski definition) is 1. The summed E-state index contributed by atoms with van der Waals surface area (Å²) in [5.41, 5.74) is 0.0656. The number of aryl methyl sites for hydroxylation is 1. The van der Waals surface area contributed by atoms with Crippen molar-refractivity contribution in [3.05, 3.63) is 35.5 Å². The summed E-state index contributed by atoms with van der Waals surface area (Å²) in [6, 6.07) is 5.49. The molecule has 0 saturated carbocycles. The molecule has 0 unspecified atom stereocenters. The van der Waals surface area contributed by atoms with Crippen LogP contribution in [0.25, 0.3) is 10.9 Å². The van der Waals surface area contributed by atoms with Crippen LogP contribution >= 0.6 is 0 Å². The first-order valence-electron chi connectivity index (χ1n) is 6.53. The molecule has 0 aliphatic carbocycles. The zero-order valence-electron chi connectivity index (χ0n) is 11.8. The van der Waals surface area contributed by atoms with Crippen LogP contribution in [0.4, 0.5) is 13.2 Å². The van der Waals surface area contributed by atoms with Gasteiger partial charge in [0.1, 0.15) is 0 Å². The number of benzene rings is 1. The first-order chi connectivity index (χ1) is 9.12. The summed E-state index contributed by atoms with van der Waals surface area (Å²) >= 11 is 0. The van der Waals surface area contributed by atoms with E-state index in [4.69, 9.17) is 0 Å². The van der Waals surface area contributed by atoms with Gasteiger partial charge in [-0.05, 0) is 45.0 Å². The molecule has 0 aliphatic heterocycles. The summed E-state index contributed by atoms with van der Waals surface area (Å²) in [5, 5.41) is 10.5. The summed E-state index contributed by atoms with van der Waals surface area (Å²) in [7, 11) is 0. The van der Waals surface area contributed by atoms with Crippen molar-refractivity contribution in [3.63, 3.8) is 0 Å². The molecule has 2 nitrogen and oxygen atoms in total. The molecule has 0 bridgehead atoms. The van der Waals surface area contributed by atoms with Crippen molar-refractivity contribution < 1.29 is 18.3 Å². The zero-order chi connectivity index (χ0) is 15.1. The Morgan fingerprint density at radius 3 is 2.30 bits per heavy atom. The van der Waals surface area contributed by atoms with Crippen LogP contribution in [0, 0.1) is 0 Å². The molecule has 1 heterocycles. The molecule has 20 heavy (non-hydrogen) atoms. The molecule has 5 heteroatoms. The average molecular weight is 285 g/mol. The quantitative estimate of drug-likeness (QED) is 0.906. The Kier molecular flexibility index (Phi) is 3.58. The van der Waals surface area contributed by atoms with E-state index in [0.29, 0.717) is 18.4 Å². The van der Waals surface area contributed by atoms with Gasteiger partial charge in [-0.25, -0.2) is 0 Å². The van der Waals surface area contributed by atoms with E-state index in [1.54, 1.807) is 19.9 Å². The highest BCUT2D eigenvalue weighted by Crippen LogP contribution is 2.33.